The lowest BCUT2D eigenvalue weighted by Crippen LogP contribution is -2.28. The van der Waals surface area contributed by atoms with Crippen LogP contribution in [0.2, 0.25) is 0 Å². The molecule has 5 nitrogen and oxygen atoms in total. The van der Waals surface area contributed by atoms with Crippen molar-refractivity contribution in [3.8, 4) is 5.75 Å². The van der Waals surface area contributed by atoms with Gasteiger partial charge in [0, 0.05) is 13.1 Å². The molecular formula is C12H15F3N2O3S. The van der Waals surface area contributed by atoms with Gasteiger partial charge < -0.3 is 10.5 Å². The van der Waals surface area contributed by atoms with Crippen molar-refractivity contribution in [3.63, 3.8) is 0 Å². The first-order valence-corrected chi connectivity index (χ1v) is 7.73. The van der Waals surface area contributed by atoms with E-state index in [1.165, 1.54) is 10.4 Å². The van der Waals surface area contributed by atoms with Crippen molar-refractivity contribution >= 4 is 15.7 Å². The molecule has 0 aromatic heterocycles. The fourth-order valence-corrected chi connectivity index (χ4v) is 3.61. The molecule has 1 aliphatic rings. The molecule has 0 aliphatic carbocycles. The second-order valence-corrected chi connectivity index (χ2v) is 6.65. The topological polar surface area (TPSA) is 72.6 Å². The highest BCUT2D eigenvalue weighted by molar-refractivity contribution is 7.89. The van der Waals surface area contributed by atoms with Crippen LogP contribution >= 0.6 is 0 Å². The zero-order valence-corrected chi connectivity index (χ0v) is 11.9. The molecule has 1 aromatic rings. The van der Waals surface area contributed by atoms with Crippen molar-refractivity contribution < 1.29 is 26.3 Å². The zero-order chi connectivity index (χ0) is 15.7. The van der Waals surface area contributed by atoms with E-state index in [4.69, 9.17) is 5.73 Å². The molecule has 2 rings (SSSR count). The highest BCUT2D eigenvalue weighted by Crippen LogP contribution is 2.29. The summed E-state index contributed by atoms with van der Waals surface area (Å²) in [5.74, 6) is -0.187. The van der Waals surface area contributed by atoms with Crippen molar-refractivity contribution in [1.29, 1.82) is 0 Å². The van der Waals surface area contributed by atoms with Gasteiger partial charge in [-0.05, 0) is 31.0 Å². The van der Waals surface area contributed by atoms with Crippen molar-refractivity contribution in [2.75, 3.05) is 25.4 Å². The lowest BCUT2D eigenvalue weighted by atomic mass is 10.3. The number of ether oxygens (including phenoxy) is 1. The third-order valence-electron chi connectivity index (χ3n) is 3.08. The number of nitrogens with zero attached hydrogens (tertiary/aromatic N) is 1. The summed E-state index contributed by atoms with van der Waals surface area (Å²) >= 11 is 0. The van der Waals surface area contributed by atoms with Crippen molar-refractivity contribution in [1.82, 2.24) is 4.31 Å². The van der Waals surface area contributed by atoms with Crippen LogP contribution in [0.25, 0.3) is 0 Å². The normalized spacial score (nSPS) is 17.1. The Morgan fingerprint density at radius 3 is 2.38 bits per heavy atom. The fourth-order valence-electron chi connectivity index (χ4n) is 2.06. The molecule has 1 heterocycles. The molecule has 0 saturated carbocycles. The Balaban J connectivity index is 2.18. The Labute approximate surface area is 120 Å². The first kappa shape index (κ1) is 15.9. The molecule has 1 aliphatic heterocycles. The maximum absolute atomic E-state index is 12.3. The van der Waals surface area contributed by atoms with Gasteiger partial charge in [0.25, 0.3) is 0 Å². The Hall–Kier alpha value is -1.48. The zero-order valence-electron chi connectivity index (χ0n) is 11.1. The minimum Gasteiger partial charge on any atom is -0.482 e. The predicted octanol–water partition coefficient (Wildman–Crippen LogP) is 1.99. The molecule has 0 atom stereocenters. The quantitative estimate of drug-likeness (QED) is 0.860. The van der Waals surface area contributed by atoms with Gasteiger partial charge in [-0.15, -0.1) is 0 Å². The first-order valence-electron chi connectivity index (χ1n) is 6.29. The lowest BCUT2D eigenvalue weighted by Gasteiger charge is -2.17. The average Bonchev–Trinajstić information content (AvgIpc) is 2.90. The van der Waals surface area contributed by atoms with Crippen LogP contribution in [0.5, 0.6) is 5.75 Å². The smallest absolute Gasteiger partial charge is 0.422 e. The summed E-state index contributed by atoms with van der Waals surface area (Å²) in [6.07, 6.45) is -2.89. The van der Waals surface area contributed by atoms with E-state index < -0.39 is 22.8 Å². The van der Waals surface area contributed by atoms with Crippen LogP contribution in [-0.4, -0.2) is 38.6 Å². The molecule has 1 fully saturated rings. The molecule has 118 valence electrons. The Morgan fingerprint density at radius 1 is 1.24 bits per heavy atom. The number of nitrogen functional groups attached to an aromatic ring is 1. The first-order chi connectivity index (χ1) is 9.70. The predicted molar refractivity (Wildman–Crippen MR) is 70.4 cm³/mol. The molecule has 1 aromatic carbocycles. The van der Waals surface area contributed by atoms with Crippen LogP contribution in [0.15, 0.2) is 23.1 Å². The van der Waals surface area contributed by atoms with E-state index in [9.17, 15) is 21.6 Å². The van der Waals surface area contributed by atoms with Crippen molar-refractivity contribution in [2.24, 2.45) is 0 Å². The maximum Gasteiger partial charge on any atom is 0.422 e. The number of sulfonamides is 1. The lowest BCUT2D eigenvalue weighted by molar-refractivity contribution is -0.153. The van der Waals surface area contributed by atoms with E-state index >= 15 is 0 Å². The van der Waals surface area contributed by atoms with E-state index in [2.05, 4.69) is 4.74 Å². The Kier molecular flexibility index (Phi) is 4.33. The van der Waals surface area contributed by atoms with E-state index in [1.807, 2.05) is 0 Å². The van der Waals surface area contributed by atoms with Gasteiger partial charge in [-0.2, -0.15) is 17.5 Å². The summed E-state index contributed by atoms with van der Waals surface area (Å²) in [6.45, 7) is -0.599. The number of hydrogen-bond acceptors (Lipinski definition) is 4. The van der Waals surface area contributed by atoms with Crippen LogP contribution in [-0.2, 0) is 10.0 Å². The summed E-state index contributed by atoms with van der Waals surface area (Å²) in [6, 6.07) is 3.47. The number of nitrogens with two attached hydrogens (primary N) is 1. The van der Waals surface area contributed by atoms with Gasteiger partial charge in [-0.1, -0.05) is 0 Å². The maximum atomic E-state index is 12.3. The number of benzene rings is 1. The summed E-state index contributed by atoms with van der Waals surface area (Å²) in [5.41, 5.74) is 5.43. The number of hydrogen-bond donors (Lipinski definition) is 1. The standard InChI is InChI=1S/C12H15F3N2O3S/c13-12(14,15)8-20-11-4-3-9(7-10(11)16)21(18,19)17-5-1-2-6-17/h3-4,7H,1-2,5-6,8,16H2. The molecule has 0 unspecified atom stereocenters. The third-order valence-corrected chi connectivity index (χ3v) is 4.97. The van der Waals surface area contributed by atoms with Crippen LogP contribution < -0.4 is 10.5 Å². The molecule has 1 saturated heterocycles. The SMILES string of the molecule is Nc1cc(S(=O)(=O)N2CCCC2)ccc1OCC(F)(F)F. The third kappa shape index (κ3) is 3.79. The van der Waals surface area contributed by atoms with Gasteiger partial charge in [0.1, 0.15) is 5.75 Å². The number of anilines is 1. The van der Waals surface area contributed by atoms with E-state index in [0.29, 0.717) is 13.1 Å². The average molecular weight is 324 g/mol. The van der Waals surface area contributed by atoms with Gasteiger partial charge in [-0.25, -0.2) is 8.42 Å². The molecule has 0 spiro atoms. The van der Waals surface area contributed by atoms with E-state index in [-0.39, 0.29) is 16.3 Å². The van der Waals surface area contributed by atoms with Crippen molar-refractivity contribution in [2.45, 2.75) is 23.9 Å². The fraction of sp³-hybridized carbons (Fsp3) is 0.500. The second kappa shape index (κ2) is 5.72. The summed E-state index contributed by atoms with van der Waals surface area (Å²) < 4.78 is 66.6. The van der Waals surface area contributed by atoms with Crippen molar-refractivity contribution in [3.05, 3.63) is 18.2 Å². The monoisotopic (exact) mass is 324 g/mol. The Morgan fingerprint density at radius 2 is 1.86 bits per heavy atom. The highest BCUT2D eigenvalue weighted by atomic mass is 32.2. The number of rotatable bonds is 4. The largest absolute Gasteiger partial charge is 0.482 e. The molecule has 0 amide bonds. The van der Waals surface area contributed by atoms with Gasteiger partial charge >= 0.3 is 6.18 Å². The van der Waals surface area contributed by atoms with E-state index in [1.54, 1.807) is 0 Å². The number of alkyl halides is 3. The molecule has 0 radical (unpaired) electrons. The summed E-state index contributed by atoms with van der Waals surface area (Å²) in [5, 5.41) is 0. The van der Waals surface area contributed by atoms with Crippen LogP contribution in [0.4, 0.5) is 18.9 Å². The molecular weight excluding hydrogens is 309 g/mol. The molecule has 2 N–H and O–H groups in total. The molecule has 21 heavy (non-hydrogen) atoms. The highest BCUT2D eigenvalue weighted by Gasteiger charge is 2.30. The number of halogens is 3. The van der Waals surface area contributed by atoms with Gasteiger partial charge in [0.05, 0.1) is 10.6 Å². The van der Waals surface area contributed by atoms with Gasteiger partial charge in [-0.3, -0.25) is 0 Å². The minimum atomic E-state index is -4.48. The minimum absolute atomic E-state index is 0.0405. The van der Waals surface area contributed by atoms with Crippen LogP contribution in [0, 0.1) is 0 Å². The summed E-state index contributed by atoms with van der Waals surface area (Å²) in [7, 11) is -3.65. The second-order valence-electron chi connectivity index (χ2n) is 4.71. The molecule has 0 bridgehead atoms. The van der Waals surface area contributed by atoms with Gasteiger partial charge in [0.15, 0.2) is 6.61 Å². The van der Waals surface area contributed by atoms with Crippen LogP contribution in [0.3, 0.4) is 0 Å². The molecule has 9 heteroatoms. The van der Waals surface area contributed by atoms with Crippen LogP contribution in [0.1, 0.15) is 12.8 Å². The van der Waals surface area contributed by atoms with E-state index in [0.717, 1.165) is 25.0 Å². The summed E-state index contributed by atoms with van der Waals surface area (Å²) in [4.78, 5) is -0.0405. The van der Waals surface area contributed by atoms with Gasteiger partial charge in [0.2, 0.25) is 10.0 Å². The Bertz CT molecular complexity index is 611.